The second kappa shape index (κ2) is 9.55. The zero-order valence-corrected chi connectivity index (χ0v) is 22.1. The quantitative estimate of drug-likeness (QED) is 0.218. The lowest BCUT2D eigenvalue weighted by molar-refractivity contribution is 0.348. The lowest BCUT2D eigenvalue weighted by Crippen LogP contribution is -2.49. The molecule has 3 aromatic carbocycles. The summed E-state index contributed by atoms with van der Waals surface area (Å²) in [5.74, 6) is 0. The van der Waals surface area contributed by atoms with Gasteiger partial charge in [-0.1, -0.05) is 127 Å². The molecule has 0 bridgehead atoms. The number of rotatable bonds is 10. The van der Waals surface area contributed by atoms with Crippen LogP contribution in [-0.4, -0.2) is 8.07 Å². The van der Waals surface area contributed by atoms with E-state index in [9.17, 15) is 0 Å². The van der Waals surface area contributed by atoms with Crippen molar-refractivity contribution in [1.29, 1.82) is 0 Å². The van der Waals surface area contributed by atoms with Crippen molar-refractivity contribution < 1.29 is 0 Å². The van der Waals surface area contributed by atoms with Crippen LogP contribution in [0.4, 0.5) is 0 Å². The molecule has 0 N–H and O–H groups in total. The highest BCUT2D eigenvalue weighted by atomic mass is 28.3. The van der Waals surface area contributed by atoms with Crippen LogP contribution < -0.4 is 10.4 Å². The maximum Gasteiger partial charge on any atom is 0.114 e. The maximum atomic E-state index is 2.55. The van der Waals surface area contributed by atoms with E-state index in [1.165, 1.54) is 79.7 Å². The molecule has 32 heavy (non-hydrogen) atoms. The van der Waals surface area contributed by atoms with Crippen LogP contribution in [0.15, 0.2) is 54.6 Å². The second-order valence-electron chi connectivity index (χ2n) is 10.6. The third-order valence-electron chi connectivity index (χ3n) is 8.51. The predicted octanol–water partition coefficient (Wildman–Crippen LogP) is 8.45. The Bertz CT molecular complexity index is 1070. The highest BCUT2D eigenvalue weighted by Crippen LogP contribution is 2.39. The summed E-state index contributed by atoms with van der Waals surface area (Å²) in [6.07, 6.45) is 12.1. The first kappa shape index (κ1) is 23.3. The van der Waals surface area contributed by atoms with E-state index in [1.54, 1.807) is 15.9 Å². The van der Waals surface area contributed by atoms with E-state index in [0.29, 0.717) is 5.41 Å². The molecule has 170 valence electrons. The molecule has 3 aromatic rings. The Hall–Kier alpha value is -1.86. The molecule has 0 unspecified atom stereocenters. The van der Waals surface area contributed by atoms with E-state index in [1.807, 2.05) is 0 Å². The molecule has 0 atom stereocenters. The van der Waals surface area contributed by atoms with Gasteiger partial charge in [0.1, 0.15) is 8.07 Å². The Labute approximate surface area is 197 Å². The number of hydrogen-bond acceptors (Lipinski definition) is 0. The van der Waals surface area contributed by atoms with Gasteiger partial charge in [0.05, 0.1) is 0 Å². The van der Waals surface area contributed by atoms with Gasteiger partial charge in [-0.2, -0.15) is 0 Å². The van der Waals surface area contributed by atoms with Crippen molar-refractivity contribution in [3.63, 3.8) is 0 Å². The van der Waals surface area contributed by atoms with E-state index in [2.05, 4.69) is 88.5 Å². The smallest absolute Gasteiger partial charge is 0.0654 e. The lowest BCUT2D eigenvalue weighted by atomic mass is 9.72. The summed E-state index contributed by atoms with van der Waals surface area (Å²) >= 11 is 0. The first-order valence-electron chi connectivity index (χ1n) is 13.2. The molecule has 1 heteroatoms. The average Bonchev–Trinajstić information content (AvgIpc) is 3.06. The molecule has 0 aliphatic carbocycles. The van der Waals surface area contributed by atoms with Crippen LogP contribution in [0.3, 0.4) is 0 Å². The largest absolute Gasteiger partial charge is 0.114 e. The zero-order valence-electron chi connectivity index (χ0n) is 21.1. The zero-order chi connectivity index (χ0) is 22.8. The summed E-state index contributed by atoms with van der Waals surface area (Å²) in [5, 5.41) is 6.20. The Morgan fingerprint density at radius 2 is 1.44 bits per heavy atom. The van der Waals surface area contributed by atoms with E-state index in [4.69, 9.17) is 0 Å². The Kier molecular flexibility index (Phi) is 6.96. The first-order chi connectivity index (χ1) is 15.5. The van der Waals surface area contributed by atoms with Gasteiger partial charge in [-0.3, -0.25) is 0 Å². The van der Waals surface area contributed by atoms with Crippen LogP contribution >= 0.6 is 0 Å². The second-order valence-corrected chi connectivity index (χ2v) is 14.9. The maximum absolute atomic E-state index is 2.55. The van der Waals surface area contributed by atoms with Crippen molar-refractivity contribution in [2.24, 2.45) is 0 Å². The van der Waals surface area contributed by atoms with Gasteiger partial charge >= 0.3 is 0 Å². The summed E-state index contributed by atoms with van der Waals surface area (Å²) in [5.41, 5.74) is 4.86. The molecule has 4 rings (SSSR count). The van der Waals surface area contributed by atoms with Crippen molar-refractivity contribution >= 4 is 29.2 Å². The number of hydrogen-bond donors (Lipinski definition) is 0. The SMILES string of the molecule is CCCCCCCCC(CC)(CC)c1ccc2c3c(ccc2c1)-c1ccccc1[Si]3(C)C. The van der Waals surface area contributed by atoms with Crippen molar-refractivity contribution in [2.45, 2.75) is 97.1 Å². The topological polar surface area (TPSA) is 0 Å². The van der Waals surface area contributed by atoms with Gasteiger partial charge in [0.2, 0.25) is 0 Å². The first-order valence-corrected chi connectivity index (χ1v) is 16.2. The summed E-state index contributed by atoms with van der Waals surface area (Å²) in [7, 11) is -1.66. The number of unbranched alkanes of at least 4 members (excludes halogenated alkanes) is 5. The third kappa shape index (κ3) is 3.98. The minimum atomic E-state index is -1.66. The van der Waals surface area contributed by atoms with Gasteiger partial charge < -0.3 is 0 Å². The van der Waals surface area contributed by atoms with Gasteiger partial charge in [0.15, 0.2) is 0 Å². The molecule has 0 saturated heterocycles. The van der Waals surface area contributed by atoms with Crippen molar-refractivity contribution in [3.8, 4) is 11.1 Å². The van der Waals surface area contributed by atoms with Crippen LogP contribution in [-0.2, 0) is 5.41 Å². The van der Waals surface area contributed by atoms with Crippen molar-refractivity contribution in [1.82, 2.24) is 0 Å². The fourth-order valence-electron chi connectivity index (χ4n) is 6.36. The van der Waals surface area contributed by atoms with Crippen LogP contribution in [0.5, 0.6) is 0 Å². The third-order valence-corrected chi connectivity index (χ3v) is 12.1. The summed E-state index contributed by atoms with van der Waals surface area (Å²) in [4.78, 5) is 0. The minimum Gasteiger partial charge on any atom is -0.0654 e. The monoisotopic (exact) mass is 442 g/mol. The molecular weight excluding hydrogens is 400 g/mol. The Morgan fingerprint density at radius 1 is 0.719 bits per heavy atom. The summed E-state index contributed by atoms with van der Waals surface area (Å²) in [6.45, 7) is 12.2. The molecule has 0 spiro atoms. The predicted molar refractivity (Wildman–Crippen MR) is 146 cm³/mol. The fraction of sp³-hybridized carbons (Fsp3) is 0.484. The highest BCUT2D eigenvalue weighted by Gasteiger charge is 2.38. The van der Waals surface area contributed by atoms with E-state index >= 15 is 0 Å². The molecule has 0 aromatic heterocycles. The van der Waals surface area contributed by atoms with Gasteiger partial charge in [-0.25, -0.2) is 0 Å². The van der Waals surface area contributed by atoms with Crippen LogP contribution in [0.2, 0.25) is 13.1 Å². The van der Waals surface area contributed by atoms with Gasteiger partial charge in [0, 0.05) is 0 Å². The van der Waals surface area contributed by atoms with Crippen LogP contribution in [0.1, 0.15) is 84.1 Å². The molecular formula is C31H42Si. The Morgan fingerprint density at radius 3 is 2.19 bits per heavy atom. The molecule has 0 radical (unpaired) electrons. The molecule has 0 nitrogen and oxygen atoms in total. The average molecular weight is 443 g/mol. The molecule has 1 aliphatic rings. The van der Waals surface area contributed by atoms with E-state index in [-0.39, 0.29) is 0 Å². The summed E-state index contributed by atoms with van der Waals surface area (Å²) < 4.78 is 0. The number of benzene rings is 3. The highest BCUT2D eigenvalue weighted by molar-refractivity contribution is 7.05. The van der Waals surface area contributed by atoms with Gasteiger partial charge in [0.25, 0.3) is 0 Å². The van der Waals surface area contributed by atoms with Gasteiger partial charge in [-0.15, -0.1) is 0 Å². The molecule has 1 heterocycles. The van der Waals surface area contributed by atoms with Crippen LogP contribution in [0, 0.1) is 0 Å². The van der Waals surface area contributed by atoms with Gasteiger partial charge in [-0.05, 0) is 62.5 Å². The molecule has 1 aliphatic heterocycles. The van der Waals surface area contributed by atoms with Crippen LogP contribution in [0.25, 0.3) is 21.9 Å². The Balaban J connectivity index is 1.67. The fourth-order valence-corrected chi connectivity index (χ4v) is 9.82. The molecule has 0 amide bonds. The lowest BCUT2D eigenvalue weighted by Gasteiger charge is -2.33. The summed E-state index contributed by atoms with van der Waals surface area (Å²) in [6, 6.07) is 21.4. The standard InChI is InChI=1S/C31H42Si/c1-6-9-10-11-12-15-22-31(7-2,8-3)25-19-21-26-24(23-25)18-20-28-27-16-13-14-17-29(27)32(4,5)30(26)28/h13-14,16-21,23H,6-12,15,22H2,1-5H3. The van der Waals surface area contributed by atoms with E-state index in [0.717, 1.165) is 0 Å². The van der Waals surface area contributed by atoms with E-state index < -0.39 is 8.07 Å². The van der Waals surface area contributed by atoms with Crippen molar-refractivity contribution in [2.75, 3.05) is 0 Å². The minimum absolute atomic E-state index is 0.327. The normalized spacial score (nSPS) is 14.5. The number of fused-ring (bicyclic) bond motifs is 5. The van der Waals surface area contributed by atoms with Crippen molar-refractivity contribution in [3.05, 3.63) is 60.2 Å². The molecule has 0 fully saturated rings. The molecule has 0 saturated carbocycles.